The Morgan fingerprint density at radius 3 is 2.77 bits per heavy atom. The number of hydrogen-bond donors (Lipinski definition) is 1. The van der Waals surface area contributed by atoms with Gasteiger partial charge in [-0.25, -0.2) is 4.79 Å². The van der Waals surface area contributed by atoms with Crippen LogP contribution in [0.25, 0.3) is 0 Å². The van der Waals surface area contributed by atoms with Crippen LogP contribution in [-0.4, -0.2) is 42.3 Å². The lowest BCUT2D eigenvalue weighted by atomic mass is 9.97. The summed E-state index contributed by atoms with van der Waals surface area (Å²) in [6, 6.07) is 6.64. The van der Waals surface area contributed by atoms with Crippen LogP contribution in [0.4, 0.5) is 4.79 Å². The summed E-state index contributed by atoms with van der Waals surface area (Å²) in [7, 11) is 0. The molecule has 0 aromatic heterocycles. The van der Waals surface area contributed by atoms with Gasteiger partial charge in [0.1, 0.15) is 5.60 Å². The molecule has 1 aliphatic heterocycles. The molecule has 1 aromatic rings. The number of amides is 1. The lowest BCUT2D eigenvalue weighted by Gasteiger charge is -2.37. The topological polar surface area (TPSA) is 41.6 Å². The molecule has 1 heterocycles. The highest BCUT2D eigenvalue weighted by Gasteiger charge is 2.30. The summed E-state index contributed by atoms with van der Waals surface area (Å²) < 4.78 is 5.56. The summed E-state index contributed by atoms with van der Waals surface area (Å²) in [6.07, 6.45) is 0.657. The first kappa shape index (κ1) is 16.8. The zero-order valence-electron chi connectivity index (χ0n) is 14.4. The third-order valence-electron chi connectivity index (χ3n) is 3.94. The molecule has 122 valence electrons. The molecule has 1 amide bonds. The Morgan fingerprint density at radius 2 is 2.09 bits per heavy atom. The maximum atomic E-state index is 12.4. The van der Waals surface area contributed by atoms with Crippen molar-refractivity contribution in [3.8, 4) is 0 Å². The molecule has 1 atom stereocenters. The van der Waals surface area contributed by atoms with Gasteiger partial charge < -0.3 is 15.0 Å². The second kappa shape index (κ2) is 6.69. The van der Waals surface area contributed by atoms with Crippen LogP contribution in [0.3, 0.4) is 0 Å². The van der Waals surface area contributed by atoms with E-state index in [-0.39, 0.29) is 12.1 Å². The second-order valence-corrected chi connectivity index (χ2v) is 7.17. The standard InChI is InChI=1S/C18H28N2O2/c1-13-6-7-14(2)15(10-13)11-16-12-19-8-9-20(16)17(21)22-18(3,4)5/h6-7,10,16,19H,8-9,11-12H2,1-5H3. The van der Waals surface area contributed by atoms with E-state index in [1.165, 1.54) is 16.7 Å². The van der Waals surface area contributed by atoms with Crippen LogP contribution in [0, 0.1) is 13.8 Å². The molecule has 1 fully saturated rings. The highest BCUT2D eigenvalue weighted by molar-refractivity contribution is 5.68. The number of nitrogens with zero attached hydrogens (tertiary/aromatic N) is 1. The van der Waals surface area contributed by atoms with Crippen molar-refractivity contribution < 1.29 is 9.53 Å². The molecule has 4 heteroatoms. The predicted octanol–water partition coefficient (Wildman–Crippen LogP) is 3.05. The molecule has 1 unspecified atom stereocenters. The van der Waals surface area contributed by atoms with Gasteiger partial charge in [-0.2, -0.15) is 0 Å². The van der Waals surface area contributed by atoms with E-state index in [1.54, 1.807) is 0 Å². The van der Waals surface area contributed by atoms with Gasteiger partial charge in [-0.3, -0.25) is 0 Å². The Morgan fingerprint density at radius 1 is 1.36 bits per heavy atom. The maximum absolute atomic E-state index is 12.4. The van der Waals surface area contributed by atoms with Crippen molar-refractivity contribution in [2.75, 3.05) is 19.6 Å². The van der Waals surface area contributed by atoms with Gasteiger partial charge in [-0.15, -0.1) is 0 Å². The van der Waals surface area contributed by atoms with Crippen molar-refractivity contribution in [3.63, 3.8) is 0 Å². The fourth-order valence-electron chi connectivity index (χ4n) is 2.78. The molecule has 1 N–H and O–H groups in total. The van der Waals surface area contributed by atoms with E-state index in [1.807, 2.05) is 25.7 Å². The Hall–Kier alpha value is -1.55. The fourth-order valence-corrected chi connectivity index (χ4v) is 2.78. The van der Waals surface area contributed by atoms with Crippen molar-refractivity contribution >= 4 is 6.09 Å². The summed E-state index contributed by atoms with van der Waals surface area (Å²) in [4.78, 5) is 14.3. The average molecular weight is 304 g/mol. The summed E-state index contributed by atoms with van der Waals surface area (Å²) in [5.41, 5.74) is 3.39. The predicted molar refractivity (Wildman–Crippen MR) is 89.2 cm³/mol. The molecule has 1 saturated heterocycles. The quantitative estimate of drug-likeness (QED) is 0.913. The largest absolute Gasteiger partial charge is 0.444 e. The Labute approximate surface area is 133 Å². The average Bonchev–Trinajstić information content (AvgIpc) is 2.41. The van der Waals surface area contributed by atoms with Crippen molar-refractivity contribution in [2.24, 2.45) is 0 Å². The molecule has 4 nitrogen and oxygen atoms in total. The molecule has 0 radical (unpaired) electrons. The molecular formula is C18H28N2O2. The lowest BCUT2D eigenvalue weighted by molar-refractivity contribution is 0.0121. The molecule has 0 bridgehead atoms. The van der Waals surface area contributed by atoms with E-state index in [9.17, 15) is 4.79 Å². The third-order valence-corrected chi connectivity index (χ3v) is 3.94. The Bertz CT molecular complexity index is 534. The van der Waals surface area contributed by atoms with Crippen LogP contribution < -0.4 is 5.32 Å². The van der Waals surface area contributed by atoms with E-state index >= 15 is 0 Å². The highest BCUT2D eigenvalue weighted by Crippen LogP contribution is 2.19. The van der Waals surface area contributed by atoms with E-state index in [0.29, 0.717) is 6.54 Å². The molecule has 0 spiro atoms. The fraction of sp³-hybridized carbons (Fsp3) is 0.611. The summed E-state index contributed by atoms with van der Waals surface area (Å²) in [5, 5.41) is 3.39. The normalized spacial score (nSPS) is 19.1. The molecule has 0 aliphatic carbocycles. The number of benzene rings is 1. The monoisotopic (exact) mass is 304 g/mol. The van der Waals surface area contributed by atoms with Gasteiger partial charge in [0.05, 0.1) is 6.04 Å². The zero-order chi connectivity index (χ0) is 16.3. The minimum atomic E-state index is -0.453. The zero-order valence-corrected chi connectivity index (χ0v) is 14.4. The number of carbonyl (C=O) groups excluding carboxylic acids is 1. The number of rotatable bonds is 2. The lowest BCUT2D eigenvalue weighted by Crippen LogP contribution is -2.55. The number of piperazine rings is 1. The highest BCUT2D eigenvalue weighted by atomic mass is 16.6. The van der Waals surface area contributed by atoms with Gasteiger partial charge in [-0.05, 0) is 52.2 Å². The van der Waals surface area contributed by atoms with Crippen LogP contribution in [0.2, 0.25) is 0 Å². The number of hydrogen-bond acceptors (Lipinski definition) is 3. The first-order chi connectivity index (χ1) is 10.3. The summed E-state index contributed by atoms with van der Waals surface area (Å²) in [6.45, 7) is 12.3. The number of carbonyl (C=O) groups is 1. The minimum absolute atomic E-state index is 0.143. The van der Waals surface area contributed by atoms with Crippen molar-refractivity contribution in [1.82, 2.24) is 10.2 Å². The van der Waals surface area contributed by atoms with Gasteiger partial charge in [0, 0.05) is 19.6 Å². The molecule has 1 aliphatic rings. The summed E-state index contributed by atoms with van der Waals surface area (Å²) >= 11 is 0. The molecule has 1 aromatic carbocycles. The molecule has 0 saturated carbocycles. The van der Waals surface area contributed by atoms with Crippen LogP contribution in [0.1, 0.15) is 37.5 Å². The first-order valence-corrected chi connectivity index (χ1v) is 8.03. The van der Waals surface area contributed by atoms with E-state index in [4.69, 9.17) is 4.74 Å². The van der Waals surface area contributed by atoms with E-state index < -0.39 is 5.60 Å². The van der Waals surface area contributed by atoms with Gasteiger partial charge in [0.2, 0.25) is 0 Å². The van der Waals surface area contributed by atoms with Crippen LogP contribution in [-0.2, 0) is 11.2 Å². The maximum Gasteiger partial charge on any atom is 0.410 e. The summed E-state index contributed by atoms with van der Waals surface area (Å²) in [5.74, 6) is 0. The van der Waals surface area contributed by atoms with Crippen LogP contribution >= 0.6 is 0 Å². The number of ether oxygens (including phenoxy) is 1. The minimum Gasteiger partial charge on any atom is -0.444 e. The second-order valence-electron chi connectivity index (χ2n) is 7.17. The van der Waals surface area contributed by atoms with E-state index in [0.717, 1.165) is 19.5 Å². The Balaban J connectivity index is 2.13. The van der Waals surface area contributed by atoms with Crippen molar-refractivity contribution in [2.45, 2.75) is 52.7 Å². The van der Waals surface area contributed by atoms with Crippen LogP contribution in [0.5, 0.6) is 0 Å². The van der Waals surface area contributed by atoms with Crippen molar-refractivity contribution in [3.05, 3.63) is 34.9 Å². The molecule has 2 rings (SSSR count). The first-order valence-electron chi connectivity index (χ1n) is 8.03. The number of nitrogens with one attached hydrogen (secondary N) is 1. The number of aryl methyl sites for hydroxylation is 2. The van der Waals surface area contributed by atoms with Gasteiger partial charge >= 0.3 is 6.09 Å². The van der Waals surface area contributed by atoms with Gasteiger partial charge in [0.15, 0.2) is 0 Å². The van der Waals surface area contributed by atoms with Crippen molar-refractivity contribution in [1.29, 1.82) is 0 Å². The smallest absolute Gasteiger partial charge is 0.410 e. The third kappa shape index (κ3) is 4.47. The van der Waals surface area contributed by atoms with Crippen LogP contribution in [0.15, 0.2) is 18.2 Å². The molecule has 22 heavy (non-hydrogen) atoms. The SMILES string of the molecule is Cc1ccc(C)c(CC2CNCCN2C(=O)OC(C)(C)C)c1. The van der Waals surface area contributed by atoms with Gasteiger partial charge in [0.25, 0.3) is 0 Å². The Kier molecular flexibility index (Phi) is 5.12. The van der Waals surface area contributed by atoms with Gasteiger partial charge in [-0.1, -0.05) is 23.8 Å². The van der Waals surface area contributed by atoms with E-state index in [2.05, 4.69) is 37.4 Å². The molecular weight excluding hydrogens is 276 g/mol.